The molecule has 2 rings (SSSR count). The number of hydrogen-bond donors (Lipinski definition) is 2. The molecule has 0 aliphatic carbocycles. The number of rotatable bonds is 6. The van der Waals surface area contributed by atoms with Gasteiger partial charge < -0.3 is 10.3 Å². The van der Waals surface area contributed by atoms with E-state index in [1.54, 1.807) is 18.2 Å². The lowest BCUT2D eigenvalue weighted by Gasteiger charge is -2.12. The highest BCUT2D eigenvalue weighted by Gasteiger charge is 2.06. The highest BCUT2D eigenvalue weighted by molar-refractivity contribution is 6.31. The quantitative estimate of drug-likeness (QED) is 0.860. The zero-order valence-corrected chi connectivity index (χ0v) is 12.6. The fourth-order valence-corrected chi connectivity index (χ4v) is 2.38. The van der Waals surface area contributed by atoms with Gasteiger partial charge in [0.25, 0.3) is 5.56 Å². The Bertz CT molecular complexity index is 635. The first-order valence-electron chi connectivity index (χ1n) is 7.03. The van der Waals surface area contributed by atoms with E-state index in [4.69, 9.17) is 11.6 Å². The first kappa shape index (κ1) is 15.0. The molecule has 0 bridgehead atoms. The van der Waals surface area contributed by atoms with E-state index >= 15 is 0 Å². The molecule has 1 heterocycles. The van der Waals surface area contributed by atoms with Gasteiger partial charge in [0.1, 0.15) is 5.82 Å². The van der Waals surface area contributed by atoms with Gasteiger partial charge in [-0.2, -0.15) is 0 Å². The number of aromatic amines is 1. The molecule has 0 spiro atoms. The number of aromatic nitrogens is 2. The summed E-state index contributed by atoms with van der Waals surface area (Å²) in [4.78, 5) is 19.2. The maximum absolute atomic E-state index is 12.0. The number of hydrogen-bond acceptors (Lipinski definition) is 3. The maximum atomic E-state index is 12.0. The first-order chi connectivity index (χ1) is 9.63. The van der Waals surface area contributed by atoms with Crippen LogP contribution in [0.2, 0.25) is 5.02 Å². The normalized spacial score (nSPS) is 11.4. The molecule has 5 heteroatoms. The Labute approximate surface area is 123 Å². The van der Waals surface area contributed by atoms with Gasteiger partial charge in [0.15, 0.2) is 0 Å². The van der Waals surface area contributed by atoms with Crippen LogP contribution in [0.25, 0.3) is 10.9 Å². The lowest BCUT2D eigenvalue weighted by molar-refractivity contribution is 0.446. The van der Waals surface area contributed by atoms with Crippen LogP contribution in [0.15, 0.2) is 23.0 Å². The molecule has 4 nitrogen and oxygen atoms in total. The molecule has 0 atom stereocenters. The fourth-order valence-electron chi connectivity index (χ4n) is 2.22. The van der Waals surface area contributed by atoms with E-state index in [-0.39, 0.29) is 5.56 Å². The highest BCUT2D eigenvalue weighted by atomic mass is 35.5. The minimum atomic E-state index is -0.119. The molecule has 2 N–H and O–H groups in total. The van der Waals surface area contributed by atoms with E-state index in [0.717, 1.165) is 19.4 Å². The number of nitrogens with one attached hydrogen (secondary N) is 2. The van der Waals surface area contributed by atoms with E-state index < -0.39 is 0 Å². The molecule has 2 aromatic rings. The summed E-state index contributed by atoms with van der Waals surface area (Å²) in [5.41, 5.74) is 0.520. The summed E-state index contributed by atoms with van der Waals surface area (Å²) in [6, 6.07) is 5.12. The second-order valence-corrected chi connectivity index (χ2v) is 5.42. The molecule has 0 aliphatic rings. The van der Waals surface area contributed by atoms with Crippen molar-refractivity contribution in [3.05, 3.63) is 39.4 Å². The van der Waals surface area contributed by atoms with Crippen LogP contribution in [-0.4, -0.2) is 16.5 Å². The van der Waals surface area contributed by atoms with Crippen LogP contribution < -0.4 is 10.9 Å². The Morgan fingerprint density at radius 1 is 1.35 bits per heavy atom. The van der Waals surface area contributed by atoms with Gasteiger partial charge in [-0.25, -0.2) is 4.98 Å². The molecule has 0 saturated carbocycles. The Morgan fingerprint density at radius 2 is 2.10 bits per heavy atom. The smallest absolute Gasteiger partial charge is 0.258 e. The summed E-state index contributed by atoms with van der Waals surface area (Å²) in [5.74, 6) is 1.31. The molecule has 0 amide bonds. The van der Waals surface area contributed by atoms with Gasteiger partial charge in [0.05, 0.1) is 17.4 Å². The summed E-state index contributed by atoms with van der Waals surface area (Å²) in [7, 11) is 0. The van der Waals surface area contributed by atoms with Gasteiger partial charge in [-0.15, -0.1) is 0 Å². The molecule has 20 heavy (non-hydrogen) atoms. The Kier molecular flexibility index (Phi) is 5.15. The topological polar surface area (TPSA) is 57.8 Å². The summed E-state index contributed by atoms with van der Waals surface area (Å²) < 4.78 is 0. The van der Waals surface area contributed by atoms with Crippen LogP contribution in [0.4, 0.5) is 0 Å². The molecule has 108 valence electrons. The molecule has 0 unspecified atom stereocenters. The summed E-state index contributed by atoms with van der Waals surface area (Å²) in [5, 5.41) is 4.50. The van der Waals surface area contributed by atoms with E-state index in [2.05, 4.69) is 29.1 Å². The van der Waals surface area contributed by atoms with Crippen LogP contribution >= 0.6 is 11.6 Å². The van der Waals surface area contributed by atoms with Crippen molar-refractivity contribution >= 4 is 22.5 Å². The van der Waals surface area contributed by atoms with Crippen molar-refractivity contribution in [3.8, 4) is 0 Å². The van der Waals surface area contributed by atoms with Crippen LogP contribution in [0.5, 0.6) is 0 Å². The zero-order chi connectivity index (χ0) is 14.5. The van der Waals surface area contributed by atoms with Gasteiger partial charge >= 0.3 is 0 Å². The Balaban J connectivity index is 2.13. The Hall–Kier alpha value is -1.39. The van der Waals surface area contributed by atoms with Gasteiger partial charge in [-0.3, -0.25) is 4.79 Å². The molecular weight excluding hydrogens is 274 g/mol. The van der Waals surface area contributed by atoms with E-state index in [9.17, 15) is 4.79 Å². The van der Waals surface area contributed by atoms with Gasteiger partial charge in [-0.05, 0) is 30.7 Å². The SMILES string of the molecule is CCC(CC)CNCc1nc2cc(Cl)ccc2c(=O)[nH]1. The van der Waals surface area contributed by atoms with Crippen molar-refractivity contribution in [3.63, 3.8) is 0 Å². The second-order valence-electron chi connectivity index (χ2n) is 4.99. The fraction of sp³-hybridized carbons (Fsp3) is 0.467. The standard InChI is InChI=1S/C15H20ClN3O/c1-3-10(4-2)8-17-9-14-18-13-7-11(16)5-6-12(13)15(20)19-14/h5-7,10,17H,3-4,8-9H2,1-2H3,(H,18,19,20). The third-order valence-electron chi connectivity index (χ3n) is 3.60. The molecule has 1 aromatic carbocycles. The number of nitrogens with zero attached hydrogens (tertiary/aromatic N) is 1. The monoisotopic (exact) mass is 293 g/mol. The van der Waals surface area contributed by atoms with Crippen molar-refractivity contribution < 1.29 is 0 Å². The zero-order valence-electron chi connectivity index (χ0n) is 11.9. The van der Waals surface area contributed by atoms with E-state index in [1.807, 2.05) is 0 Å². The lowest BCUT2D eigenvalue weighted by Crippen LogP contribution is -2.24. The number of benzene rings is 1. The third-order valence-corrected chi connectivity index (χ3v) is 3.83. The summed E-state index contributed by atoms with van der Waals surface area (Å²) in [6.45, 7) is 5.88. The summed E-state index contributed by atoms with van der Waals surface area (Å²) >= 11 is 5.94. The second kappa shape index (κ2) is 6.86. The average molecular weight is 294 g/mol. The predicted octanol–water partition coefficient (Wildman–Crippen LogP) is 3.10. The van der Waals surface area contributed by atoms with Crippen molar-refractivity contribution in [2.45, 2.75) is 33.2 Å². The van der Waals surface area contributed by atoms with Gasteiger partial charge in [0, 0.05) is 5.02 Å². The van der Waals surface area contributed by atoms with Crippen LogP contribution in [-0.2, 0) is 6.54 Å². The minimum absolute atomic E-state index is 0.119. The molecule has 0 saturated heterocycles. The molecular formula is C15H20ClN3O. The van der Waals surface area contributed by atoms with Crippen LogP contribution in [0.1, 0.15) is 32.5 Å². The Morgan fingerprint density at radius 3 is 2.80 bits per heavy atom. The molecule has 0 radical (unpaired) electrons. The molecule has 1 aromatic heterocycles. The number of halogens is 1. The highest BCUT2D eigenvalue weighted by Crippen LogP contribution is 2.14. The molecule has 0 fully saturated rings. The van der Waals surface area contributed by atoms with Crippen molar-refractivity contribution in [1.82, 2.24) is 15.3 Å². The molecule has 0 aliphatic heterocycles. The van der Waals surface area contributed by atoms with Crippen LogP contribution in [0, 0.1) is 5.92 Å². The number of fused-ring (bicyclic) bond motifs is 1. The van der Waals surface area contributed by atoms with E-state index in [0.29, 0.717) is 34.2 Å². The third kappa shape index (κ3) is 3.58. The first-order valence-corrected chi connectivity index (χ1v) is 7.41. The largest absolute Gasteiger partial charge is 0.310 e. The average Bonchev–Trinajstić information content (AvgIpc) is 2.43. The van der Waals surface area contributed by atoms with Crippen LogP contribution in [0.3, 0.4) is 0 Å². The van der Waals surface area contributed by atoms with Gasteiger partial charge in [-0.1, -0.05) is 38.3 Å². The lowest BCUT2D eigenvalue weighted by atomic mass is 10.0. The summed E-state index contributed by atoms with van der Waals surface area (Å²) in [6.07, 6.45) is 2.31. The van der Waals surface area contributed by atoms with E-state index in [1.165, 1.54) is 0 Å². The van der Waals surface area contributed by atoms with Gasteiger partial charge in [0.2, 0.25) is 0 Å². The van der Waals surface area contributed by atoms with Crippen molar-refractivity contribution in [2.24, 2.45) is 5.92 Å². The van der Waals surface area contributed by atoms with Crippen molar-refractivity contribution in [1.29, 1.82) is 0 Å². The predicted molar refractivity (Wildman–Crippen MR) is 83.2 cm³/mol. The minimum Gasteiger partial charge on any atom is -0.310 e. The van der Waals surface area contributed by atoms with Crippen molar-refractivity contribution in [2.75, 3.05) is 6.54 Å². The number of H-pyrrole nitrogens is 1. The maximum Gasteiger partial charge on any atom is 0.258 e.